The SMILES string of the molecule is CCC1CCc2c(C)nc3c(-c4c(C)cc(C)cc4C)c(C)nn3c2N1. The highest BCUT2D eigenvalue weighted by atomic mass is 15.3. The van der Waals surface area contributed by atoms with Crippen molar-refractivity contribution in [2.75, 3.05) is 5.32 Å². The Bertz CT molecular complexity index is 990. The molecule has 1 atom stereocenters. The van der Waals surface area contributed by atoms with E-state index in [1.54, 1.807) is 0 Å². The molecule has 0 bridgehead atoms. The van der Waals surface area contributed by atoms with Gasteiger partial charge in [0.05, 0.1) is 11.3 Å². The second-order valence-electron chi connectivity index (χ2n) is 7.78. The number of fused-ring (bicyclic) bond motifs is 3. The van der Waals surface area contributed by atoms with Crippen molar-refractivity contribution in [2.24, 2.45) is 0 Å². The molecular weight excluding hydrogens is 320 g/mol. The standard InChI is InChI=1S/C22H28N4/c1-7-17-8-9-18-15(5)23-22-20(16(6)25-26(22)21(18)24-17)19-13(3)10-12(2)11-14(19)4/h10-11,17,24H,7-9H2,1-6H3. The molecule has 3 aromatic rings. The molecule has 1 unspecified atom stereocenters. The molecule has 2 aromatic heterocycles. The van der Waals surface area contributed by atoms with Gasteiger partial charge in [-0.1, -0.05) is 24.6 Å². The highest BCUT2D eigenvalue weighted by Crippen LogP contribution is 2.37. The van der Waals surface area contributed by atoms with E-state index in [-0.39, 0.29) is 0 Å². The summed E-state index contributed by atoms with van der Waals surface area (Å²) in [5.74, 6) is 1.14. The van der Waals surface area contributed by atoms with Crippen molar-refractivity contribution in [2.45, 2.75) is 66.8 Å². The summed E-state index contributed by atoms with van der Waals surface area (Å²) in [4.78, 5) is 5.00. The molecule has 1 N–H and O–H groups in total. The van der Waals surface area contributed by atoms with Gasteiger partial charge in [0.1, 0.15) is 5.82 Å². The lowest BCUT2D eigenvalue weighted by atomic mass is 9.93. The van der Waals surface area contributed by atoms with Gasteiger partial charge in [0, 0.05) is 17.3 Å². The Morgan fingerprint density at radius 2 is 1.73 bits per heavy atom. The van der Waals surface area contributed by atoms with Gasteiger partial charge in [0.25, 0.3) is 0 Å². The lowest BCUT2D eigenvalue weighted by molar-refractivity contribution is 0.598. The zero-order valence-corrected chi connectivity index (χ0v) is 16.7. The van der Waals surface area contributed by atoms with Crippen LogP contribution in [0.3, 0.4) is 0 Å². The lowest BCUT2D eigenvalue weighted by Gasteiger charge is -2.27. The van der Waals surface area contributed by atoms with E-state index in [1.807, 2.05) is 4.52 Å². The molecule has 3 heterocycles. The maximum Gasteiger partial charge on any atom is 0.165 e. The Balaban J connectivity index is 2.02. The summed E-state index contributed by atoms with van der Waals surface area (Å²) in [5.41, 5.74) is 10.8. The zero-order chi connectivity index (χ0) is 18.6. The maximum atomic E-state index is 5.00. The molecule has 136 valence electrons. The fraction of sp³-hybridized carbons (Fsp3) is 0.455. The summed E-state index contributed by atoms with van der Waals surface area (Å²) < 4.78 is 2.05. The second-order valence-corrected chi connectivity index (χ2v) is 7.78. The number of nitrogens with one attached hydrogen (secondary N) is 1. The molecule has 1 aliphatic rings. The molecule has 0 aliphatic carbocycles. The summed E-state index contributed by atoms with van der Waals surface area (Å²) in [6.45, 7) is 13.0. The molecule has 4 rings (SSSR count). The van der Waals surface area contributed by atoms with Gasteiger partial charge in [0.2, 0.25) is 0 Å². The van der Waals surface area contributed by atoms with Crippen LogP contribution in [0.25, 0.3) is 16.8 Å². The van der Waals surface area contributed by atoms with Gasteiger partial charge in [-0.2, -0.15) is 9.61 Å². The van der Waals surface area contributed by atoms with Crippen LogP contribution >= 0.6 is 0 Å². The van der Waals surface area contributed by atoms with Crippen molar-refractivity contribution in [3.63, 3.8) is 0 Å². The molecule has 0 radical (unpaired) electrons. The minimum Gasteiger partial charge on any atom is -0.367 e. The summed E-state index contributed by atoms with van der Waals surface area (Å²) >= 11 is 0. The van der Waals surface area contributed by atoms with Gasteiger partial charge in [-0.15, -0.1) is 0 Å². The number of aryl methyl sites for hydroxylation is 5. The van der Waals surface area contributed by atoms with Crippen LogP contribution in [0.4, 0.5) is 5.82 Å². The number of rotatable bonds is 2. The molecule has 4 heteroatoms. The van der Waals surface area contributed by atoms with E-state index in [4.69, 9.17) is 10.1 Å². The lowest BCUT2D eigenvalue weighted by Crippen LogP contribution is -2.27. The molecule has 1 aromatic carbocycles. The Kier molecular flexibility index (Phi) is 4.02. The average Bonchev–Trinajstić information content (AvgIpc) is 2.90. The molecule has 0 fully saturated rings. The predicted octanol–water partition coefficient (Wildman–Crippen LogP) is 5.08. The van der Waals surface area contributed by atoms with E-state index in [1.165, 1.54) is 39.8 Å². The molecule has 0 amide bonds. The third-order valence-electron chi connectivity index (χ3n) is 5.75. The van der Waals surface area contributed by atoms with E-state index >= 15 is 0 Å². The summed E-state index contributed by atoms with van der Waals surface area (Å²) in [5, 5.41) is 8.63. The second kappa shape index (κ2) is 6.11. The predicted molar refractivity (Wildman–Crippen MR) is 108 cm³/mol. The van der Waals surface area contributed by atoms with Crippen LogP contribution in [-0.2, 0) is 6.42 Å². The molecule has 1 aliphatic heterocycles. The van der Waals surface area contributed by atoms with Gasteiger partial charge in [-0.3, -0.25) is 0 Å². The van der Waals surface area contributed by atoms with Crippen LogP contribution in [0.15, 0.2) is 12.1 Å². The Morgan fingerprint density at radius 1 is 1.04 bits per heavy atom. The van der Waals surface area contributed by atoms with Crippen molar-refractivity contribution in [3.05, 3.63) is 45.8 Å². The van der Waals surface area contributed by atoms with Crippen molar-refractivity contribution in [1.82, 2.24) is 14.6 Å². The normalized spacial score (nSPS) is 16.6. The van der Waals surface area contributed by atoms with Gasteiger partial charge < -0.3 is 5.32 Å². The molecule has 0 saturated carbocycles. The Labute approximate surface area is 155 Å². The maximum absolute atomic E-state index is 5.00. The number of benzene rings is 1. The van der Waals surface area contributed by atoms with E-state index < -0.39 is 0 Å². The fourth-order valence-corrected chi connectivity index (χ4v) is 4.50. The summed E-state index contributed by atoms with van der Waals surface area (Å²) in [7, 11) is 0. The smallest absolute Gasteiger partial charge is 0.165 e. The number of nitrogens with zero attached hydrogens (tertiary/aromatic N) is 3. The van der Waals surface area contributed by atoms with Crippen LogP contribution in [0, 0.1) is 34.6 Å². The summed E-state index contributed by atoms with van der Waals surface area (Å²) in [6, 6.07) is 5.02. The fourth-order valence-electron chi connectivity index (χ4n) is 4.50. The van der Waals surface area contributed by atoms with E-state index in [2.05, 4.69) is 59.0 Å². The quantitative estimate of drug-likeness (QED) is 0.702. The van der Waals surface area contributed by atoms with Crippen molar-refractivity contribution in [3.8, 4) is 11.1 Å². The number of anilines is 1. The molecular formula is C22H28N4. The van der Waals surface area contributed by atoms with Gasteiger partial charge in [-0.05, 0) is 70.6 Å². The van der Waals surface area contributed by atoms with Gasteiger partial charge in [0.15, 0.2) is 5.65 Å². The van der Waals surface area contributed by atoms with Gasteiger partial charge >= 0.3 is 0 Å². The van der Waals surface area contributed by atoms with Crippen LogP contribution in [0.2, 0.25) is 0 Å². The average molecular weight is 348 g/mol. The highest BCUT2D eigenvalue weighted by molar-refractivity contribution is 5.85. The number of hydrogen-bond donors (Lipinski definition) is 1. The van der Waals surface area contributed by atoms with Crippen LogP contribution < -0.4 is 5.32 Å². The minimum absolute atomic E-state index is 0.517. The third-order valence-corrected chi connectivity index (χ3v) is 5.75. The first-order valence-corrected chi connectivity index (χ1v) is 9.64. The first-order chi connectivity index (χ1) is 12.4. The van der Waals surface area contributed by atoms with E-state index in [0.717, 1.165) is 35.7 Å². The first-order valence-electron chi connectivity index (χ1n) is 9.64. The van der Waals surface area contributed by atoms with Crippen molar-refractivity contribution >= 4 is 11.5 Å². The number of hydrogen-bond acceptors (Lipinski definition) is 3. The monoisotopic (exact) mass is 348 g/mol. The molecule has 4 nitrogen and oxygen atoms in total. The topological polar surface area (TPSA) is 42.2 Å². The third kappa shape index (κ3) is 2.51. The molecule has 0 spiro atoms. The highest BCUT2D eigenvalue weighted by Gasteiger charge is 2.25. The number of aromatic nitrogens is 3. The van der Waals surface area contributed by atoms with Gasteiger partial charge in [-0.25, -0.2) is 4.98 Å². The Morgan fingerprint density at radius 3 is 2.38 bits per heavy atom. The minimum atomic E-state index is 0.517. The Hall–Kier alpha value is -2.36. The van der Waals surface area contributed by atoms with Crippen LogP contribution in [-0.4, -0.2) is 20.6 Å². The van der Waals surface area contributed by atoms with Crippen LogP contribution in [0.1, 0.15) is 53.4 Å². The van der Waals surface area contributed by atoms with Crippen molar-refractivity contribution < 1.29 is 0 Å². The van der Waals surface area contributed by atoms with E-state index in [0.29, 0.717) is 6.04 Å². The summed E-state index contributed by atoms with van der Waals surface area (Å²) in [6.07, 6.45) is 3.37. The van der Waals surface area contributed by atoms with Crippen LogP contribution in [0.5, 0.6) is 0 Å². The van der Waals surface area contributed by atoms with E-state index in [9.17, 15) is 0 Å². The largest absolute Gasteiger partial charge is 0.367 e. The van der Waals surface area contributed by atoms with Crippen molar-refractivity contribution in [1.29, 1.82) is 0 Å². The molecule has 26 heavy (non-hydrogen) atoms. The molecule has 0 saturated heterocycles. The zero-order valence-electron chi connectivity index (χ0n) is 16.7. The first kappa shape index (κ1) is 17.1.